The Morgan fingerprint density at radius 1 is 1.07 bits per heavy atom. The van der Waals surface area contributed by atoms with Gasteiger partial charge in [-0.25, -0.2) is 9.07 Å². The van der Waals surface area contributed by atoms with Crippen LogP contribution in [-0.4, -0.2) is 69.4 Å². The molecule has 142 valence electrons. The highest BCUT2D eigenvalue weighted by molar-refractivity contribution is 5.84. The fourth-order valence-electron chi connectivity index (χ4n) is 4.07. The first kappa shape index (κ1) is 16.7. The molecule has 1 aromatic carbocycles. The number of aromatic nitrogens is 4. The van der Waals surface area contributed by atoms with E-state index in [4.69, 9.17) is 4.74 Å². The van der Waals surface area contributed by atoms with E-state index >= 15 is 0 Å². The number of benzene rings is 1. The van der Waals surface area contributed by atoms with Crippen molar-refractivity contribution >= 4 is 16.6 Å². The van der Waals surface area contributed by atoms with Crippen LogP contribution in [0.5, 0.6) is 0 Å². The summed E-state index contributed by atoms with van der Waals surface area (Å²) < 4.78 is 23.7. The Bertz CT molecular complexity index is 983. The lowest BCUT2D eigenvalue weighted by Crippen LogP contribution is -2.64. The van der Waals surface area contributed by atoms with E-state index in [1.54, 1.807) is 23.1 Å². The van der Waals surface area contributed by atoms with Crippen molar-refractivity contribution in [1.29, 1.82) is 0 Å². The average molecular weight is 370 g/mol. The van der Waals surface area contributed by atoms with E-state index < -0.39 is 0 Å². The molecule has 0 atom stereocenters. The number of piperazine rings is 1. The van der Waals surface area contributed by atoms with Crippen molar-refractivity contribution in [3.63, 3.8) is 0 Å². The summed E-state index contributed by atoms with van der Waals surface area (Å²) in [6.45, 7) is 7.26. The molecule has 0 spiro atoms. The van der Waals surface area contributed by atoms with E-state index in [1.165, 1.54) is 0 Å². The zero-order chi connectivity index (χ0) is 18.6. The van der Waals surface area contributed by atoms with Crippen molar-refractivity contribution in [3.05, 3.63) is 36.5 Å². The number of fused-ring (bicyclic) bond motifs is 1. The van der Waals surface area contributed by atoms with Crippen LogP contribution in [0.2, 0.25) is 0 Å². The Morgan fingerprint density at radius 2 is 1.85 bits per heavy atom. The molecule has 4 heterocycles. The Hall–Kier alpha value is -2.45. The van der Waals surface area contributed by atoms with Crippen LogP contribution in [0.4, 0.5) is 10.1 Å². The summed E-state index contributed by atoms with van der Waals surface area (Å²) in [6, 6.07) is 3.49. The quantitative estimate of drug-likeness (QED) is 0.704. The molecule has 0 saturated carbocycles. The minimum Gasteiger partial charge on any atom is -0.377 e. The molecule has 0 unspecified atom stereocenters. The van der Waals surface area contributed by atoms with Crippen LogP contribution in [0.15, 0.2) is 30.7 Å². The summed E-state index contributed by atoms with van der Waals surface area (Å²) in [5.74, 6) is -0.195. The van der Waals surface area contributed by atoms with Crippen LogP contribution >= 0.6 is 0 Å². The highest BCUT2D eigenvalue weighted by Gasteiger charge is 2.40. The molecule has 2 fully saturated rings. The average Bonchev–Trinajstić information content (AvgIpc) is 3.24. The number of rotatable bonds is 3. The lowest BCUT2D eigenvalue weighted by atomic mass is 9.97. The zero-order valence-electron chi connectivity index (χ0n) is 15.6. The molecular formula is C19H23FN6O. The van der Waals surface area contributed by atoms with E-state index in [0.717, 1.165) is 56.0 Å². The van der Waals surface area contributed by atoms with Crippen LogP contribution in [0.25, 0.3) is 16.6 Å². The first-order valence-corrected chi connectivity index (χ1v) is 9.28. The van der Waals surface area contributed by atoms with Gasteiger partial charge in [-0.1, -0.05) is 0 Å². The van der Waals surface area contributed by atoms with Gasteiger partial charge >= 0.3 is 0 Å². The summed E-state index contributed by atoms with van der Waals surface area (Å²) in [5, 5.41) is 9.42. The molecule has 5 rings (SSSR count). The molecule has 2 aliphatic rings. The summed E-state index contributed by atoms with van der Waals surface area (Å²) in [7, 11) is 1.87. The van der Waals surface area contributed by atoms with Crippen molar-refractivity contribution in [2.45, 2.75) is 12.5 Å². The lowest BCUT2D eigenvalue weighted by molar-refractivity contribution is -0.131. The standard InChI is InChI=1S/C19H23FN6O/c1-19(12-27-13-19)25-5-3-24(4-6-25)18-8-17-14(7-16(18)20)9-22-26(17)15-10-21-23(2)11-15/h7-11H,3-6,12-13H2,1-2H3. The second-order valence-electron chi connectivity index (χ2n) is 7.75. The predicted octanol–water partition coefficient (Wildman–Crippen LogP) is 1.81. The van der Waals surface area contributed by atoms with Crippen LogP contribution in [-0.2, 0) is 11.8 Å². The van der Waals surface area contributed by atoms with Crippen LogP contribution < -0.4 is 4.90 Å². The fourth-order valence-corrected chi connectivity index (χ4v) is 4.07. The highest BCUT2D eigenvalue weighted by Crippen LogP contribution is 2.30. The van der Waals surface area contributed by atoms with Crippen molar-refractivity contribution in [1.82, 2.24) is 24.5 Å². The molecule has 0 bridgehead atoms. The number of aryl methyl sites for hydroxylation is 1. The van der Waals surface area contributed by atoms with Crippen molar-refractivity contribution < 1.29 is 9.13 Å². The van der Waals surface area contributed by atoms with Gasteiger partial charge in [0.1, 0.15) is 11.5 Å². The van der Waals surface area contributed by atoms with Crippen molar-refractivity contribution in [2.75, 3.05) is 44.3 Å². The molecular weight excluding hydrogens is 347 g/mol. The third-order valence-electron chi connectivity index (χ3n) is 5.78. The molecule has 0 N–H and O–H groups in total. The maximum absolute atomic E-state index is 14.8. The first-order valence-electron chi connectivity index (χ1n) is 9.28. The minimum atomic E-state index is -0.195. The Balaban J connectivity index is 1.44. The number of hydrogen-bond acceptors (Lipinski definition) is 5. The summed E-state index contributed by atoms with van der Waals surface area (Å²) in [5.41, 5.74) is 2.55. The Labute approximate surface area is 156 Å². The molecule has 0 radical (unpaired) electrons. The van der Waals surface area contributed by atoms with Crippen molar-refractivity contribution in [2.24, 2.45) is 7.05 Å². The molecule has 8 heteroatoms. The molecule has 3 aromatic rings. The van der Waals surface area contributed by atoms with Gasteiger partial charge in [-0.15, -0.1) is 0 Å². The van der Waals surface area contributed by atoms with Gasteiger partial charge in [0.15, 0.2) is 0 Å². The second-order valence-corrected chi connectivity index (χ2v) is 7.75. The summed E-state index contributed by atoms with van der Waals surface area (Å²) in [4.78, 5) is 4.60. The van der Waals surface area contributed by atoms with Gasteiger partial charge in [0, 0.05) is 38.6 Å². The van der Waals surface area contributed by atoms with Gasteiger partial charge in [0.2, 0.25) is 0 Å². The van der Waals surface area contributed by atoms with Crippen LogP contribution in [0.1, 0.15) is 6.92 Å². The third kappa shape index (κ3) is 2.71. The van der Waals surface area contributed by atoms with E-state index in [9.17, 15) is 4.39 Å². The largest absolute Gasteiger partial charge is 0.377 e. The second kappa shape index (κ2) is 6.03. The SMILES string of the molecule is Cn1cc(-n2ncc3cc(F)c(N4CCN(C5(C)COC5)CC4)cc32)cn1. The molecule has 2 aromatic heterocycles. The Kier molecular flexibility index (Phi) is 3.73. The fraction of sp³-hybridized carbons (Fsp3) is 0.474. The highest BCUT2D eigenvalue weighted by atomic mass is 19.1. The van der Waals surface area contributed by atoms with Crippen LogP contribution in [0, 0.1) is 5.82 Å². The molecule has 27 heavy (non-hydrogen) atoms. The molecule has 7 nitrogen and oxygen atoms in total. The maximum Gasteiger partial charge on any atom is 0.147 e. The predicted molar refractivity (Wildman–Crippen MR) is 101 cm³/mol. The molecule has 2 aliphatic heterocycles. The van der Waals surface area contributed by atoms with Gasteiger partial charge in [-0.05, 0) is 19.1 Å². The minimum absolute atomic E-state index is 0.146. The summed E-state index contributed by atoms with van der Waals surface area (Å²) >= 11 is 0. The topological polar surface area (TPSA) is 51.4 Å². The number of hydrogen-bond donors (Lipinski definition) is 0. The molecule has 0 aliphatic carbocycles. The molecule has 0 amide bonds. The first-order chi connectivity index (χ1) is 13.0. The smallest absolute Gasteiger partial charge is 0.147 e. The van der Waals surface area contributed by atoms with Gasteiger partial charge in [0.05, 0.1) is 48.5 Å². The third-order valence-corrected chi connectivity index (χ3v) is 5.78. The van der Waals surface area contributed by atoms with Gasteiger partial charge in [-0.3, -0.25) is 9.58 Å². The van der Waals surface area contributed by atoms with E-state index in [1.807, 2.05) is 24.0 Å². The normalized spacial score (nSPS) is 20.2. The number of ether oxygens (including phenoxy) is 1. The van der Waals surface area contributed by atoms with E-state index in [0.29, 0.717) is 5.69 Å². The van der Waals surface area contributed by atoms with Crippen molar-refractivity contribution in [3.8, 4) is 5.69 Å². The monoisotopic (exact) mass is 370 g/mol. The van der Waals surface area contributed by atoms with Gasteiger partial charge < -0.3 is 9.64 Å². The molecule has 2 saturated heterocycles. The van der Waals surface area contributed by atoms with Gasteiger partial charge in [-0.2, -0.15) is 10.2 Å². The van der Waals surface area contributed by atoms with Crippen LogP contribution in [0.3, 0.4) is 0 Å². The summed E-state index contributed by atoms with van der Waals surface area (Å²) in [6.07, 6.45) is 5.36. The number of anilines is 1. The number of halogens is 1. The zero-order valence-corrected chi connectivity index (χ0v) is 15.6. The number of nitrogens with zero attached hydrogens (tertiary/aromatic N) is 6. The Morgan fingerprint density at radius 3 is 2.48 bits per heavy atom. The van der Waals surface area contributed by atoms with Gasteiger partial charge in [0.25, 0.3) is 0 Å². The van der Waals surface area contributed by atoms with E-state index in [-0.39, 0.29) is 11.4 Å². The lowest BCUT2D eigenvalue weighted by Gasteiger charge is -2.50. The van der Waals surface area contributed by atoms with E-state index in [2.05, 4.69) is 26.9 Å². The maximum atomic E-state index is 14.8.